The van der Waals surface area contributed by atoms with E-state index in [1.54, 1.807) is 27.1 Å². The average molecular weight is 282 g/mol. The molecule has 0 saturated carbocycles. The number of nitrogens with one attached hydrogen (secondary N) is 1. The Balaban J connectivity index is 2.64. The predicted octanol–water partition coefficient (Wildman–Crippen LogP) is 1.56. The summed E-state index contributed by atoms with van der Waals surface area (Å²) < 4.78 is 4.87. The monoisotopic (exact) mass is 282 g/mol. The maximum atomic E-state index is 12.0. The Kier molecular flexibility index (Phi) is 5.54. The quantitative estimate of drug-likeness (QED) is 0.889. The van der Waals surface area contributed by atoms with Gasteiger partial charge in [0.15, 0.2) is 5.82 Å². The second-order valence-corrected chi connectivity index (χ2v) is 5.32. The molecule has 0 aliphatic rings. The summed E-state index contributed by atoms with van der Waals surface area (Å²) in [4.78, 5) is 26.9. The molecule has 1 N–H and O–H groups in total. The summed E-state index contributed by atoms with van der Waals surface area (Å²) in [5.74, 6) is 0.952. The largest absolute Gasteiger partial charge is 0.360 e. The molecule has 1 heterocycles. The molecule has 20 heavy (non-hydrogen) atoms. The minimum Gasteiger partial charge on any atom is -0.360 e. The molecule has 0 aliphatic carbocycles. The zero-order valence-electron chi connectivity index (χ0n) is 12.6. The number of carbonyl (C=O) groups is 2. The molecule has 0 aromatic carbocycles. The number of rotatable bonds is 5. The van der Waals surface area contributed by atoms with Crippen molar-refractivity contribution < 1.29 is 14.1 Å². The van der Waals surface area contributed by atoms with Crippen LogP contribution < -0.4 is 5.32 Å². The summed E-state index contributed by atoms with van der Waals surface area (Å²) in [5.41, 5.74) is 0. The van der Waals surface area contributed by atoms with Crippen LogP contribution in [0.3, 0.4) is 0 Å². The fourth-order valence-corrected chi connectivity index (χ4v) is 1.71. The molecule has 1 aromatic rings. The van der Waals surface area contributed by atoms with E-state index >= 15 is 0 Å². The Morgan fingerprint density at radius 2 is 2.05 bits per heavy atom. The summed E-state index contributed by atoms with van der Waals surface area (Å²) in [6, 6.07) is 1.43. The highest BCUT2D eigenvalue weighted by molar-refractivity contribution is 5.93. The first kappa shape index (κ1) is 16.0. The first-order chi connectivity index (χ1) is 9.29. The van der Waals surface area contributed by atoms with E-state index in [1.165, 1.54) is 9.80 Å². The van der Waals surface area contributed by atoms with E-state index in [9.17, 15) is 9.59 Å². The Morgan fingerprint density at radius 1 is 1.40 bits per heavy atom. The van der Waals surface area contributed by atoms with Crippen molar-refractivity contribution in [2.24, 2.45) is 5.92 Å². The van der Waals surface area contributed by atoms with Crippen LogP contribution in [-0.2, 0) is 4.79 Å². The predicted molar refractivity (Wildman–Crippen MR) is 75.4 cm³/mol. The highest BCUT2D eigenvalue weighted by Gasteiger charge is 2.20. The SMILES string of the molecule is Cc1cc(NC(=O)CN(CC(C)C)C(=O)N(C)C)no1. The van der Waals surface area contributed by atoms with E-state index in [0.29, 0.717) is 18.1 Å². The van der Waals surface area contributed by atoms with Crippen LogP contribution in [0.5, 0.6) is 0 Å². The normalized spacial score (nSPS) is 10.5. The molecule has 112 valence electrons. The van der Waals surface area contributed by atoms with Crippen molar-refractivity contribution in [3.05, 3.63) is 11.8 Å². The zero-order valence-corrected chi connectivity index (χ0v) is 12.6. The molecule has 7 nitrogen and oxygen atoms in total. The van der Waals surface area contributed by atoms with Crippen molar-refractivity contribution in [2.45, 2.75) is 20.8 Å². The molecule has 1 aromatic heterocycles. The number of amides is 3. The van der Waals surface area contributed by atoms with Crippen LogP contribution in [-0.4, -0.2) is 54.1 Å². The molecule has 0 aliphatic heterocycles. The second-order valence-electron chi connectivity index (χ2n) is 5.32. The molecule has 3 amide bonds. The lowest BCUT2D eigenvalue weighted by Crippen LogP contribution is -2.45. The minimum atomic E-state index is -0.297. The van der Waals surface area contributed by atoms with Crippen LogP contribution >= 0.6 is 0 Å². The molecule has 0 fully saturated rings. The van der Waals surface area contributed by atoms with Gasteiger partial charge in [-0.3, -0.25) is 4.79 Å². The number of carbonyl (C=O) groups excluding carboxylic acids is 2. The molecule has 7 heteroatoms. The number of aromatic nitrogens is 1. The number of aryl methyl sites for hydroxylation is 1. The van der Waals surface area contributed by atoms with Crippen LogP contribution in [0.4, 0.5) is 10.6 Å². The van der Waals surface area contributed by atoms with Crippen LogP contribution in [0.25, 0.3) is 0 Å². The summed E-state index contributed by atoms with van der Waals surface area (Å²) in [6.45, 7) is 6.23. The number of hydrogen-bond donors (Lipinski definition) is 1. The number of hydrogen-bond acceptors (Lipinski definition) is 4. The Labute approximate surface area is 118 Å². The molecule has 1 rings (SSSR count). The van der Waals surface area contributed by atoms with Gasteiger partial charge in [0, 0.05) is 26.7 Å². The summed E-state index contributed by atoms with van der Waals surface area (Å²) in [6.07, 6.45) is 0. The lowest BCUT2D eigenvalue weighted by Gasteiger charge is -2.26. The second kappa shape index (κ2) is 6.93. The van der Waals surface area contributed by atoms with Crippen LogP contribution in [0, 0.1) is 12.8 Å². The lowest BCUT2D eigenvalue weighted by atomic mass is 10.2. The average Bonchev–Trinajstić information content (AvgIpc) is 2.71. The highest BCUT2D eigenvalue weighted by atomic mass is 16.5. The third-order valence-electron chi connectivity index (χ3n) is 2.47. The highest BCUT2D eigenvalue weighted by Crippen LogP contribution is 2.08. The third kappa shape index (κ3) is 4.91. The van der Waals surface area contributed by atoms with Gasteiger partial charge in [0.25, 0.3) is 0 Å². The minimum absolute atomic E-state index is 0.0128. The summed E-state index contributed by atoms with van der Waals surface area (Å²) in [5, 5.41) is 6.29. The van der Waals surface area contributed by atoms with E-state index < -0.39 is 0 Å². The number of nitrogens with zero attached hydrogens (tertiary/aromatic N) is 3. The van der Waals surface area contributed by atoms with E-state index in [2.05, 4.69) is 10.5 Å². The molecule has 0 saturated heterocycles. The van der Waals surface area contributed by atoms with Crippen molar-refractivity contribution in [1.29, 1.82) is 0 Å². The smallest absolute Gasteiger partial charge is 0.319 e. The number of urea groups is 1. The van der Waals surface area contributed by atoms with Gasteiger partial charge in [-0.25, -0.2) is 4.79 Å². The molecule has 0 bridgehead atoms. The summed E-state index contributed by atoms with van der Waals surface area (Å²) in [7, 11) is 3.32. The van der Waals surface area contributed by atoms with Crippen molar-refractivity contribution in [2.75, 3.05) is 32.5 Å². The first-order valence-electron chi connectivity index (χ1n) is 6.49. The first-order valence-corrected chi connectivity index (χ1v) is 6.49. The third-order valence-corrected chi connectivity index (χ3v) is 2.47. The van der Waals surface area contributed by atoms with Gasteiger partial charge in [0.05, 0.1) is 0 Å². The summed E-state index contributed by atoms with van der Waals surface area (Å²) >= 11 is 0. The Bertz CT molecular complexity index is 468. The topological polar surface area (TPSA) is 78.7 Å². The van der Waals surface area contributed by atoms with Gasteiger partial charge in [0.2, 0.25) is 5.91 Å². The fraction of sp³-hybridized carbons (Fsp3) is 0.615. The van der Waals surface area contributed by atoms with Crippen molar-refractivity contribution >= 4 is 17.8 Å². The van der Waals surface area contributed by atoms with Gasteiger partial charge in [-0.15, -0.1) is 0 Å². The van der Waals surface area contributed by atoms with E-state index in [4.69, 9.17) is 4.52 Å². The van der Waals surface area contributed by atoms with Gasteiger partial charge in [0.1, 0.15) is 12.3 Å². The van der Waals surface area contributed by atoms with Crippen molar-refractivity contribution in [3.63, 3.8) is 0 Å². The Hall–Kier alpha value is -2.05. The molecular formula is C13H22N4O3. The maximum absolute atomic E-state index is 12.0. The van der Waals surface area contributed by atoms with Crippen molar-refractivity contribution in [1.82, 2.24) is 15.0 Å². The molecule has 0 spiro atoms. The number of anilines is 1. The van der Waals surface area contributed by atoms with Gasteiger partial charge >= 0.3 is 6.03 Å². The van der Waals surface area contributed by atoms with Gasteiger partial charge < -0.3 is 19.6 Å². The van der Waals surface area contributed by atoms with E-state index in [0.717, 1.165) is 0 Å². The molecule has 0 radical (unpaired) electrons. The maximum Gasteiger partial charge on any atom is 0.319 e. The zero-order chi connectivity index (χ0) is 15.3. The van der Waals surface area contributed by atoms with Gasteiger partial charge in [-0.2, -0.15) is 0 Å². The molecule has 0 unspecified atom stereocenters. The fourth-order valence-electron chi connectivity index (χ4n) is 1.71. The standard InChI is InChI=1S/C13H22N4O3/c1-9(2)7-17(13(19)16(4)5)8-12(18)14-11-6-10(3)20-15-11/h6,9H,7-8H2,1-5H3,(H,14,15,18). The van der Waals surface area contributed by atoms with Crippen LogP contribution in [0.1, 0.15) is 19.6 Å². The van der Waals surface area contributed by atoms with Gasteiger partial charge in [-0.1, -0.05) is 19.0 Å². The van der Waals surface area contributed by atoms with E-state index in [1.807, 2.05) is 13.8 Å². The van der Waals surface area contributed by atoms with Crippen LogP contribution in [0.15, 0.2) is 10.6 Å². The lowest BCUT2D eigenvalue weighted by molar-refractivity contribution is -0.117. The molecule has 0 atom stereocenters. The Morgan fingerprint density at radius 3 is 2.50 bits per heavy atom. The van der Waals surface area contributed by atoms with Gasteiger partial charge in [-0.05, 0) is 12.8 Å². The van der Waals surface area contributed by atoms with E-state index in [-0.39, 0.29) is 24.4 Å². The van der Waals surface area contributed by atoms with Crippen LogP contribution in [0.2, 0.25) is 0 Å². The van der Waals surface area contributed by atoms with Crippen molar-refractivity contribution in [3.8, 4) is 0 Å². The molecular weight excluding hydrogens is 260 g/mol.